The third-order valence-electron chi connectivity index (χ3n) is 9.60. The lowest BCUT2D eigenvalue weighted by atomic mass is 9.70. The van der Waals surface area contributed by atoms with Crippen LogP contribution in [0.25, 0.3) is 0 Å². The van der Waals surface area contributed by atoms with Crippen LogP contribution >= 0.6 is 0 Å². The van der Waals surface area contributed by atoms with Gasteiger partial charge in [-0.2, -0.15) is 0 Å². The zero-order chi connectivity index (χ0) is 26.4. The molecule has 0 amide bonds. The molecule has 5 rings (SSSR count). The van der Waals surface area contributed by atoms with E-state index in [1.807, 2.05) is 0 Å². The molecule has 38 heavy (non-hydrogen) atoms. The minimum Gasteiger partial charge on any atom is -0.374 e. The van der Waals surface area contributed by atoms with Gasteiger partial charge in [-0.05, 0) is 113 Å². The van der Waals surface area contributed by atoms with Crippen LogP contribution in [0.3, 0.4) is 0 Å². The molecule has 1 aliphatic carbocycles. The zero-order valence-corrected chi connectivity index (χ0v) is 23.9. The van der Waals surface area contributed by atoms with Crippen molar-refractivity contribution >= 4 is 0 Å². The fraction of sp³-hybridized carbons (Fsp3) is 0.500. The smallest absolute Gasteiger partial charge is 0.0272 e. The number of piperidine rings is 2. The van der Waals surface area contributed by atoms with Crippen LogP contribution in [0.1, 0.15) is 73.6 Å². The summed E-state index contributed by atoms with van der Waals surface area (Å²) >= 11 is 0. The van der Waals surface area contributed by atoms with Crippen LogP contribution in [0.4, 0.5) is 0 Å². The Morgan fingerprint density at radius 2 is 1.79 bits per heavy atom. The molecule has 2 aromatic carbocycles. The first kappa shape index (κ1) is 27.0. The van der Waals surface area contributed by atoms with Crippen LogP contribution in [0.15, 0.2) is 84.6 Å². The van der Waals surface area contributed by atoms with E-state index in [0.29, 0.717) is 0 Å². The average molecular weight is 509 g/mol. The number of nitrogens with zero attached hydrogens (tertiary/aromatic N) is 2. The first-order chi connectivity index (χ1) is 18.5. The number of aryl methyl sites for hydroxylation is 2. The number of rotatable bonds is 9. The van der Waals surface area contributed by atoms with Gasteiger partial charge in [0.2, 0.25) is 0 Å². The molecule has 2 fully saturated rings. The van der Waals surface area contributed by atoms with Gasteiger partial charge in [0.15, 0.2) is 0 Å². The molecule has 2 saturated heterocycles. The summed E-state index contributed by atoms with van der Waals surface area (Å²) in [5, 5.41) is 0. The van der Waals surface area contributed by atoms with Crippen molar-refractivity contribution in [2.45, 2.75) is 77.0 Å². The highest BCUT2D eigenvalue weighted by atomic mass is 15.2. The monoisotopic (exact) mass is 508 g/mol. The van der Waals surface area contributed by atoms with Crippen molar-refractivity contribution < 1.29 is 0 Å². The topological polar surface area (TPSA) is 6.48 Å². The predicted molar refractivity (Wildman–Crippen MR) is 163 cm³/mol. The van der Waals surface area contributed by atoms with Gasteiger partial charge in [0.25, 0.3) is 0 Å². The molecule has 0 aromatic heterocycles. The maximum Gasteiger partial charge on any atom is 0.0272 e. The minimum atomic E-state index is 0.199. The van der Waals surface area contributed by atoms with Crippen LogP contribution in [0.2, 0.25) is 0 Å². The quantitative estimate of drug-likeness (QED) is 0.337. The molecule has 3 aliphatic rings. The number of allylic oxidation sites excluding steroid dienone is 5. The first-order valence-electron chi connectivity index (χ1n) is 15.1. The molecule has 0 N–H and O–H groups in total. The SMILES string of the molecule is C=C(Cc1ccccc1)N1CCCC(CCN2CCC(CC3=CCCC=C3)CC2)(c2ccc(C)c(C)c2)C1. The van der Waals surface area contributed by atoms with Gasteiger partial charge < -0.3 is 9.80 Å². The van der Waals surface area contributed by atoms with E-state index in [0.717, 1.165) is 25.4 Å². The molecule has 2 aromatic rings. The van der Waals surface area contributed by atoms with Gasteiger partial charge in [-0.3, -0.25) is 0 Å². The van der Waals surface area contributed by atoms with Crippen molar-refractivity contribution in [3.8, 4) is 0 Å². The third kappa shape index (κ3) is 6.70. The lowest BCUT2D eigenvalue weighted by molar-refractivity contribution is 0.129. The molecule has 2 heteroatoms. The number of benzene rings is 2. The number of hydrogen-bond donors (Lipinski definition) is 0. The molecule has 0 bridgehead atoms. The van der Waals surface area contributed by atoms with Crippen molar-refractivity contribution in [2.75, 3.05) is 32.7 Å². The third-order valence-corrected chi connectivity index (χ3v) is 9.60. The Balaban J connectivity index is 1.25. The zero-order valence-electron chi connectivity index (χ0n) is 23.9. The molecule has 0 saturated carbocycles. The predicted octanol–water partition coefficient (Wildman–Crippen LogP) is 8.16. The molecular formula is C36H48N2. The van der Waals surface area contributed by atoms with Crippen molar-refractivity contribution in [1.29, 1.82) is 0 Å². The van der Waals surface area contributed by atoms with E-state index in [-0.39, 0.29) is 5.41 Å². The van der Waals surface area contributed by atoms with E-state index in [2.05, 4.69) is 97.0 Å². The summed E-state index contributed by atoms with van der Waals surface area (Å²) in [5.41, 5.74) is 8.79. The van der Waals surface area contributed by atoms with E-state index in [1.54, 1.807) is 11.1 Å². The van der Waals surface area contributed by atoms with Gasteiger partial charge in [0, 0.05) is 30.6 Å². The van der Waals surface area contributed by atoms with Gasteiger partial charge in [-0.1, -0.05) is 78.9 Å². The van der Waals surface area contributed by atoms with Crippen molar-refractivity contribution in [3.05, 3.63) is 107 Å². The van der Waals surface area contributed by atoms with Crippen molar-refractivity contribution in [1.82, 2.24) is 9.80 Å². The summed E-state index contributed by atoms with van der Waals surface area (Å²) in [6, 6.07) is 18.1. The Morgan fingerprint density at radius 3 is 2.53 bits per heavy atom. The lowest BCUT2D eigenvalue weighted by Crippen LogP contribution is -2.48. The Hall–Kier alpha value is -2.58. The van der Waals surface area contributed by atoms with Gasteiger partial charge in [-0.15, -0.1) is 0 Å². The van der Waals surface area contributed by atoms with Gasteiger partial charge in [0.1, 0.15) is 0 Å². The van der Waals surface area contributed by atoms with E-state index in [1.165, 1.54) is 93.4 Å². The molecular weight excluding hydrogens is 460 g/mol. The summed E-state index contributed by atoms with van der Waals surface area (Å²) < 4.78 is 0. The van der Waals surface area contributed by atoms with E-state index >= 15 is 0 Å². The second-order valence-electron chi connectivity index (χ2n) is 12.3. The van der Waals surface area contributed by atoms with Crippen molar-refractivity contribution in [2.24, 2.45) is 5.92 Å². The molecule has 2 aliphatic heterocycles. The van der Waals surface area contributed by atoms with Crippen LogP contribution in [-0.4, -0.2) is 42.5 Å². The molecule has 2 heterocycles. The first-order valence-corrected chi connectivity index (χ1v) is 15.1. The number of likely N-dealkylation sites (tertiary alicyclic amines) is 2. The van der Waals surface area contributed by atoms with E-state index < -0.39 is 0 Å². The average Bonchev–Trinajstić information content (AvgIpc) is 2.95. The summed E-state index contributed by atoms with van der Waals surface area (Å²) in [6.45, 7) is 15.1. The molecule has 1 unspecified atom stereocenters. The lowest BCUT2D eigenvalue weighted by Gasteiger charge is -2.46. The fourth-order valence-electron chi connectivity index (χ4n) is 6.94. The molecule has 2 nitrogen and oxygen atoms in total. The van der Waals surface area contributed by atoms with Crippen LogP contribution in [0.5, 0.6) is 0 Å². The minimum absolute atomic E-state index is 0.199. The summed E-state index contributed by atoms with van der Waals surface area (Å²) in [4.78, 5) is 5.38. The van der Waals surface area contributed by atoms with Gasteiger partial charge in [-0.25, -0.2) is 0 Å². The van der Waals surface area contributed by atoms with Crippen LogP contribution in [0, 0.1) is 19.8 Å². The number of hydrogen-bond acceptors (Lipinski definition) is 2. The van der Waals surface area contributed by atoms with E-state index in [4.69, 9.17) is 0 Å². The van der Waals surface area contributed by atoms with Crippen LogP contribution < -0.4 is 0 Å². The van der Waals surface area contributed by atoms with E-state index in [9.17, 15) is 0 Å². The maximum atomic E-state index is 4.58. The fourth-order valence-corrected chi connectivity index (χ4v) is 6.94. The highest BCUT2D eigenvalue weighted by Crippen LogP contribution is 2.40. The standard InChI is InChI=1S/C36H48N2/c1-29-15-16-35(25-30(29)2)36(19-10-21-38(28-36)31(3)26-32-11-6-4-7-12-32)20-24-37-22-17-34(18-23-37)27-33-13-8-5-9-14-33/h4,6-8,11-16,25,34H,3,5,9-10,17-24,26-28H2,1-2H3. The second-order valence-corrected chi connectivity index (χ2v) is 12.3. The Morgan fingerprint density at radius 1 is 0.974 bits per heavy atom. The van der Waals surface area contributed by atoms with Crippen molar-refractivity contribution in [3.63, 3.8) is 0 Å². The second kappa shape index (κ2) is 12.5. The van der Waals surface area contributed by atoms with Crippen LogP contribution in [-0.2, 0) is 11.8 Å². The Kier molecular flexibility index (Phi) is 8.89. The Labute approximate surface area is 232 Å². The van der Waals surface area contributed by atoms with Gasteiger partial charge >= 0.3 is 0 Å². The summed E-state index contributed by atoms with van der Waals surface area (Å²) in [6.07, 6.45) is 18.4. The highest BCUT2D eigenvalue weighted by molar-refractivity contribution is 5.36. The molecule has 202 valence electrons. The Bertz CT molecular complexity index is 1140. The summed E-state index contributed by atoms with van der Waals surface area (Å²) in [7, 11) is 0. The summed E-state index contributed by atoms with van der Waals surface area (Å²) in [5.74, 6) is 0.862. The van der Waals surface area contributed by atoms with Gasteiger partial charge in [0.05, 0.1) is 0 Å². The highest BCUT2D eigenvalue weighted by Gasteiger charge is 2.38. The normalized spacial score (nSPS) is 22.9. The maximum absolute atomic E-state index is 4.58. The molecule has 1 atom stereocenters. The largest absolute Gasteiger partial charge is 0.374 e. The molecule has 0 spiro atoms. The molecule has 0 radical (unpaired) electrons.